The number of rotatable bonds is 6. The largest absolute Gasteiger partial charge is 0.395 e. The summed E-state index contributed by atoms with van der Waals surface area (Å²) in [6.07, 6.45) is -1.90. The number of sulfonamides is 1. The van der Waals surface area contributed by atoms with Crippen LogP contribution in [0.4, 0.5) is 13.2 Å². The van der Waals surface area contributed by atoms with E-state index in [0.717, 1.165) is 12.3 Å². The standard InChI is InChI=1S/C9H11F3N2O3S/c10-7-2-1-3-13-9(7)18(16,17)14(4-5-15)6-8(11)12/h1-3,8,15H,4-6H2. The maximum Gasteiger partial charge on any atom is 0.263 e. The van der Waals surface area contributed by atoms with Gasteiger partial charge in [0, 0.05) is 12.7 Å². The predicted octanol–water partition coefficient (Wildman–Crippen LogP) is 0.469. The summed E-state index contributed by atoms with van der Waals surface area (Å²) in [6, 6.07) is 2.04. The minimum absolute atomic E-state index is 0.295. The van der Waals surface area contributed by atoms with Crippen molar-refractivity contribution in [3.63, 3.8) is 0 Å². The van der Waals surface area contributed by atoms with Crippen molar-refractivity contribution in [1.29, 1.82) is 0 Å². The van der Waals surface area contributed by atoms with Gasteiger partial charge in [0.2, 0.25) is 5.03 Å². The third kappa shape index (κ3) is 3.40. The van der Waals surface area contributed by atoms with Crippen LogP contribution < -0.4 is 0 Å². The first kappa shape index (κ1) is 14.9. The number of hydrogen-bond acceptors (Lipinski definition) is 4. The molecule has 0 aliphatic carbocycles. The highest BCUT2D eigenvalue weighted by Crippen LogP contribution is 2.17. The van der Waals surface area contributed by atoms with Gasteiger partial charge in [-0.25, -0.2) is 26.6 Å². The number of aliphatic hydroxyl groups excluding tert-OH is 1. The van der Waals surface area contributed by atoms with Gasteiger partial charge in [0.15, 0.2) is 5.82 Å². The van der Waals surface area contributed by atoms with Crippen molar-refractivity contribution in [3.8, 4) is 0 Å². The van der Waals surface area contributed by atoms with Gasteiger partial charge in [-0.15, -0.1) is 0 Å². The summed E-state index contributed by atoms with van der Waals surface area (Å²) in [5.41, 5.74) is 0. The summed E-state index contributed by atoms with van der Waals surface area (Å²) >= 11 is 0. The van der Waals surface area contributed by atoms with Gasteiger partial charge in [-0.05, 0) is 12.1 Å². The molecular weight excluding hydrogens is 273 g/mol. The van der Waals surface area contributed by atoms with Crippen LogP contribution in [-0.2, 0) is 10.0 Å². The van der Waals surface area contributed by atoms with E-state index in [1.54, 1.807) is 0 Å². The Morgan fingerprint density at radius 2 is 2.11 bits per heavy atom. The first-order valence-corrected chi connectivity index (χ1v) is 6.33. The lowest BCUT2D eigenvalue weighted by molar-refractivity contribution is 0.112. The van der Waals surface area contributed by atoms with Gasteiger partial charge >= 0.3 is 0 Å². The molecule has 18 heavy (non-hydrogen) atoms. The van der Waals surface area contributed by atoms with Crippen LogP contribution in [0.25, 0.3) is 0 Å². The van der Waals surface area contributed by atoms with Gasteiger partial charge < -0.3 is 5.11 Å². The molecule has 0 saturated carbocycles. The molecule has 102 valence electrons. The van der Waals surface area contributed by atoms with Crippen molar-refractivity contribution >= 4 is 10.0 Å². The Kier molecular flexibility index (Phi) is 5.05. The number of pyridine rings is 1. The summed E-state index contributed by atoms with van der Waals surface area (Å²) in [5, 5.41) is 7.73. The van der Waals surface area contributed by atoms with Crippen molar-refractivity contribution in [2.45, 2.75) is 11.5 Å². The molecule has 0 atom stereocenters. The zero-order valence-electron chi connectivity index (χ0n) is 9.13. The molecule has 9 heteroatoms. The molecule has 1 aromatic heterocycles. The number of alkyl halides is 2. The maximum atomic E-state index is 13.3. The first-order valence-electron chi connectivity index (χ1n) is 4.89. The smallest absolute Gasteiger partial charge is 0.263 e. The van der Waals surface area contributed by atoms with E-state index in [4.69, 9.17) is 5.11 Å². The van der Waals surface area contributed by atoms with Crippen LogP contribution in [-0.4, -0.2) is 48.9 Å². The van der Waals surface area contributed by atoms with Crippen molar-refractivity contribution in [3.05, 3.63) is 24.1 Å². The minimum atomic E-state index is -4.48. The molecule has 0 saturated heterocycles. The van der Waals surface area contributed by atoms with Crippen molar-refractivity contribution in [2.75, 3.05) is 19.7 Å². The maximum absolute atomic E-state index is 13.3. The Bertz CT molecular complexity index is 496. The highest BCUT2D eigenvalue weighted by Gasteiger charge is 2.30. The fourth-order valence-corrected chi connectivity index (χ4v) is 2.64. The molecular formula is C9H11F3N2O3S. The summed E-state index contributed by atoms with van der Waals surface area (Å²) in [4.78, 5) is 3.33. The molecule has 1 rings (SSSR count). The van der Waals surface area contributed by atoms with E-state index in [-0.39, 0.29) is 0 Å². The van der Waals surface area contributed by atoms with E-state index < -0.39 is 47.0 Å². The number of aromatic nitrogens is 1. The number of aliphatic hydroxyl groups is 1. The van der Waals surface area contributed by atoms with Crippen LogP contribution >= 0.6 is 0 Å². The van der Waals surface area contributed by atoms with Gasteiger partial charge in [-0.2, -0.15) is 4.31 Å². The minimum Gasteiger partial charge on any atom is -0.395 e. The van der Waals surface area contributed by atoms with E-state index in [0.29, 0.717) is 4.31 Å². The van der Waals surface area contributed by atoms with E-state index in [2.05, 4.69) is 4.98 Å². The second kappa shape index (κ2) is 6.12. The lowest BCUT2D eigenvalue weighted by Gasteiger charge is -2.20. The SMILES string of the molecule is O=S(=O)(c1ncccc1F)N(CCO)CC(F)F. The molecule has 0 unspecified atom stereocenters. The van der Waals surface area contributed by atoms with Crippen molar-refractivity contribution in [2.24, 2.45) is 0 Å². The van der Waals surface area contributed by atoms with Gasteiger partial charge in [-0.3, -0.25) is 0 Å². The third-order valence-electron chi connectivity index (χ3n) is 2.00. The quantitative estimate of drug-likeness (QED) is 0.824. The van der Waals surface area contributed by atoms with Gasteiger partial charge in [0.05, 0.1) is 13.2 Å². The van der Waals surface area contributed by atoms with Crippen LogP contribution in [0, 0.1) is 5.82 Å². The summed E-state index contributed by atoms with van der Waals surface area (Å²) in [7, 11) is -4.48. The predicted molar refractivity (Wildman–Crippen MR) is 56.0 cm³/mol. The lowest BCUT2D eigenvalue weighted by atomic mass is 10.5. The third-order valence-corrected chi connectivity index (χ3v) is 3.80. The fraction of sp³-hybridized carbons (Fsp3) is 0.444. The number of nitrogens with zero attached hydrogens (tertiary/aromatic N) is 2. The van der Waals surface area contributed by atoms with Crippen LogP contribution in [0.3, 0.4) is 0 Å². The Balaban J connectivity index is 3.13. The lowest BCUT2D eigenvalue weighted by Crippen LogP contribution is -2.38. The molecule has 1 heterocycles. The summed E-state index contributed by atoms with van der Waals surface area (Å²) < 4.78 is 61.8. The average molecular weight is 284 g/mol. The van der Waals surface area contributed by atoms with E-state index in [9.17, 15) is 21.6 Å². The Morgan fingerprint density at radius 1 is 1.44 bits per heavy atom. The molecule has 0 fully saturated rings. The van der Waals surface area contributed by atoms with Gasteiger partial charge in [-0.1, -0.05) is 0 Å². The van der Waals surface area contributed by atoms with E-state index >= 15 is 0 Å². The van der Waals surface area contributed by atoms with Crippen molar-refractivity contribution in [1.82, 2.24) is 9.29 Å². The average Bonchev–Trinajstić information content (AvgIpc) is 2.28. The monoisotopic (exact) mass is 284 g/mol. The Labute approximate surface area is 102 Å². The molecule has 0 bridgehead atoms. The summed E-state index contributed by atoms with van der Waals surface area (Å²) in [5.74, 6) is -1.13. The second-order valence-electron chi connectivity index (χ2n) is 3.27. The van der Waals surface area contributed by atoms with E-state index in [1.807, 2.05) is 0 Å². The topological polar surface area (TPSA) is 70.5 Å². The normalized spacial score (nSPS) is 12.3. The molecule has 0 aliphatic rings. The Hall–Kier alpha value is -1.19. The van der Waals surface area contributed by atoms with Crippen LogP contribution in [0.1, 0.15) is 0 Å². The molecule has 1 aromatic rings. The molecule has 0 radical (unpaired) electrons. The van der Waals surface area contributed by atoms with Crippen LogP contribution in [0.15, 0.2) is 23.4 Å². The number of halogens is 3. The molecule has 5 nitrogen and oxygen atoms in total. The zero-order chi connectivity index (χ0) is 13.8. The van der Waals surface area contributed by atoms with Crippen LogP contribution in [0.2, 0.25) is 0 Å². The molecule has 0 aliphatic heterocycles. The highest BCUT2D eigenvalue weighted by molar-refractivity contribution is 7.89. The first-order chi connectivity index (χ1) is 8.39. The molecule has 0 amide bonds. The van der Waals surface area contributed by atoms with Crippen molar-refractivity contribution < 1.29 is 26.7 Å². The van der Waals surface area contributed by atoms with E-state index in [1.165, 1.54) is 6.07 Å². The molecule has 0 spiro atoms. The number of hydrogen-bond donors (Lipinski definition) is 1. The van der Waals surface area contributed by atoms with Gasteiger partial charge in [0.25, 0.3) is 16.4 Å². The van der Waals surface area contributed by atoms with Crippen LogP contribution in [0.5, 0.6) is 0 Å². The summed E-state index contributed by atoms with van der Waals surface area (Å²) in [6.45, 7) is -2.33. The second-order valence-corrected chi connectivity index (χ2v) is 5.12. The molecule has 0 aromatic carbocycles. The Morgan fingerprint density at radius 3 is 2.61 bits per heavy atom. The molecule has 1 N–H and O–H groups in total. The highest BCUT2D eigenvalue weighted by atomic mass is 32.2. The van der Waals surface area contributed by atoms with Gasteiger partial charge in [0.1, 0.15) is 0 Å². The zero-order valence-corrected chi connectivity index (χ0v) is 9.95. The fourth-order valence-electron chi connectivity index (χ4n) is 1.26.